The zero-order chi connectivity index (χ0) is 29.4. The molecule has 212 valence electrons. The lowest BCUT2D eigenvalue weighted by Crippen LogP contribution is -2.41. The van der Waals surface area contributed by atoms with Gasteiger partial charge in [-0.25, -0.2) is 12.7 Å². The molecular weight excluding hydrogens is 543 g/mol. The molecule has 0 unspecified atom stereocenters. The van der Waals surface area contributed by atoms with Crippen LogP contribution in [0, 0.1) is 6.92 Å². The Labute approximate surface area is 236 Å². The number of sulfonamides is 1. The lowest BCUT2D eigenvalue weighted by atomic mass is 10.2. The van der Waals surface area contributed by atoms with Crippen LogP contribution in [0.15, 0.2) is 76.0 Å². The molecule has 1 aliphatic rings. The summed E-state index contributed by atoms with van der Waals surface area (Å²) in [4.78, 5) is 13.6. The predicted octanol–water partition coefficient (Wildman–Crippen LogP) is 7.25. The molecule has 3 rings (SSSR count). The van der Waals surface area contributed by atoms with E-state index in [2.05, 4.69) is 53.5 Å². The number of hydrogen-bond acceptors (Lipinski definition) is 5. The van der Waals surface area contributed by atoms with Crippen LogP contribution in [0.25, 0.3) is 0 Å². The van der Waals surface area contributed by atoms with Gasteiger partial charge < -0.3 is 9.16 Å². The number of benzene rings is 2. The van der Waals surface area contributed by atoms with Crippen LogP contribution in [-0.4, -0.2) is 44.3 Å². The van der Waals surface area contributed by atoms with Gasteiger partial charge in [0.2, 0.25) is 0 Å². The van der Waals surface area contributed by atoms with E-state index in [1.54, 1.807) is 61.8 Å². The molecule has 9 heteroatoms. The number of nitrogens with zero attached hydrogens (tertiary/aromatic N) is 1. The quantitative estimate of drug-likeness (QED) is 0.290. The van der Waals surface area contributed by atoms with Crippen molar-refractivity contribution in [2.75, 3.05) is 18.0 Å². The Kier molecular flexibility index (Phi) is 8.92. The van der Waals surface area contributed by atoms with E-state index in [0.717, 1.165) is 16.3 Å². The molecule has 0 aromatic heterocycles. The van der Waals surface area contributed by atoms with E-state index in [1.807, 2.05) is 6.92 Å². The maximum absolute atomic E-state index is 14.0. The van der Waals surface area contributed by atoms with Crippen LogP contribution >= 0.6 is 0 Å². The van der Waals surface area contributed by atoms with Crippen molar-refractivity contribution in [2.24, 2.45) is 0 Å². The van der Waals surface area contributed by atoms with Crippen molar-refractivity contribution in [1.29, 1.82) is 0 Å². The van der Waals surface area contributed by atoms with Crippen molar-refractivity contribution >= 4 is 37.9 Å². The van der Waals surface area contributed by atoms with Gasteiger partial charge in [-0.15, -0.1) is 0 Å². The van der Waals surface area contributed by atoms with Crippen molar-refractivity contribution in [3.8, 4) is 5.75 Å². The van der Waals surface area contributed by atoms with Crippen molar-refractivity contribution in [1.82, 2.24) is 0 Å². The van der Waals surface area contributed by atoms with E-state index in [0.29, 0.717) is 17.0 Å². The Hall–Kier alpha value is -2.47. The Balaban J connectivity index is 2.18. The maximum Gasteiger partial charge on any atom is 0.268 e. The topological polar surface area (TPSA) is 72.9 Å². The van der Waals surface area contributed by atoms with Crippen LogP contribution in [0.5, 0.6) is 5.75 Å². The SMILES string of the molecule is COc1ccc(N(/C=C2\CC(=O)C(CO[Si](C)(C)C(C)(C)C)=C2[Si](C)(C)C)S(=O)(=O)c2ccc(C)cc2)cc1. The molecule has 0 amide bonds. The molecule has 0 spiro atoms. The third-order valence-electron chi connectivity index (χ3n) is 7.62. The predicted molar refractivity (Wildman–Crippen MR) is 165 cm³/mol. The Morgan fingerprint density at radius 2 is 1.51 bits per heavy atom. The van der Waals surface area contributed by atoms with Gasteiger partial charge in [0.25, 0.3) is 10.0 Å². The maximum atomic E-state index is 14.0. The summed E-state index contributed by atoms with van der Waals surface area (Å²) in [6.45, 7) is 19.6. The number of hydrogen-bond donors (Lipinski definition) is 0. The van der Waals surface area contributed by atoms with E-state index in [-0.39, 0.29) is 28.7 Å². The number of ketones is 1. The number of carbonyl (C=O) groups excluding carboxylic acids is 1. The Morgan fingerprint density at radius 1 is 0.949 bits per heavy atom. The summed E-state index contributed by atoms with van der Waals surface area (Å²) in [5, 5.41) is 1.00. The summed E-state index contributed by atoms with van der Waals surface area (Å²) in [7, 11) is -6.57. The molecule has 0 aliphatic heterocycles. The molecule has 39 heavy (non-hydrogen) atoms. The molecule has 1 aliphatic carbocycles. The first kappa shape index (κ1) is 31.1. The second-order valence-corrected chi connectivity index (χ2v) is 24.3. The highest BCUT2D eigenvalue weighted by Crippen LogP contribution is 2.41. The molecule has 0 N–H and O–H groups in total. The first-order valence-electron chi connectivity index (χ1n) is 13.3. The highest BCUT2D eigenvalue weighted by molar-refractivity contribution is 7.93. The molecule has 0 atom stereocenters. The van der Waals surface area contributed by atoms with Gasteiger partial charge in [-0.3, -0.25) is 4.79 Å². The van der Waals surface area contributed by atoms with Gasteiger partial charge >= 0.3 is 0 Å². The van der Waals surface area contributed by atoms with E-state index in [9.17, 15) is 13.2 Å². The standard InChI is InChI=1S/C30H43NO5SSi2/c1-22-11-17-26(18-12-22)37(33,34)31(24-13-15-25(35-5)16-14-24)20-23-19-28(32)27(29(23)38(6,7)8)21-36-39(9,10)30(2,3)4/h11-18,20H,19,21H2,1-10H3/b23-20+. The van der Waals surface area contributed by atoms with E-state index in [1.165, 1.54) is 4.31 Å². The Bertz CT molecular complexity index is 1380. The average molecular weight is 586 g/mol. The summed E-state index contributed by atoms with van der Waals surface area (Å²) in [5.41, 5.74) is 2.89. The third-order valence-corrected chi connectivity index (χ3v) is 15.9. The third kappa shape index (κ3) is 6.82. The summed E-state index contributed by atoms with van der Waals surface area (Å²) in [6.07, 6.45) is 1.81. The van der Waals surface area contributed by atoms with Crippen LogP contribution in [-0.2, 0) is 19.2 Å². The average Bonchev–Trinajstić information content (AvgIpc) is 3.16. The number of aryl methyl sites for hydroxylation is 1. The van der Waals surface area contributed by atoms with E-state index < -0.39 is 26.4 Å². The summed E-state index contributed by atoms with van der Waals surface area (Å²) in [5.74, 6) is 0.641. The summed E-state index contributed by atoms with van der Waals surface area (Å²) < 4.78 is 41.1. The van der Waals surface area contributed by atoms with Crippen molar-refractivity contribution < 1.29 is 22.4 Å². The second kappa shape index (κ2) is 11.2. The molecule has 0 heterocycles. The number of methoxy groups -OCH3 is 1. The zero-order valence-corrected chi connectivity index (χ0v) is 27.8. The van der Waals surface area contributed by atoms with Crippen molar-refractivity contribution in [2.45, 2.75) is 76.8 Å². The van der Waals surface area contributed by atoms with Crippen LogP contribution < -0.4 is 9.04 Å². The fourth-order valence-corrected chi connectivity index (χ4v) is 8.89. The number of allylic oxidation sites excluding steroid dienone is 2. The molecule has 0 saturated heterocycles. The molecule has 2 aromatic rings. The van der Waals surface area contributed by atoms with Crippen LogP contribution in [0.3, 0.4) is 0 Å². The lowest BCUT2D eigenvalue weighted by Gasteiger charge is -2.36. The van der Waals surface area contributed by atoms with Crippen LogP contribution in [0.1, 0.15) is 32.8 Å². The first-order chi connectivity index (χ1) is 17.9. The summed E-state index contributed by atoms with van der Waals surface area (Å²) >= 11 is 0. The van der Waals surface area contributed by atoms with Gasteiger partial charge in [0.15, 0.2) is 14.1 Å². The first-order valence-corrected chi connectivity index (χ1v) is 21.1. The smallest absolute Gasteiger partial charge is 0.268 e. The number of ether oxygens (including phenoxy) is 1. The number of carbonyl (C=O) groups is 1. The minimum Gasteiger partial charge on any atom is -0.497 e. The molecule has 0 radical (unpaired) electrons. The second-order valence-electron chi connectivity index (χ2n) is 12.7. The lowest BCUT2D eigenvalue weighted by molar-refractivity contribution is -0.114. The highest BCUT2D eigenvalue weighted by atomic mass is 32.2. The van der Waals surface area contributed by atoms with Crippen LogP contribution in [0.4, 0.5) is 5.69 Å². The van der Waals surface area contributed by atoms with Crippen molar-refractivity contribution in [3.05, 3.63) is 76.6 Å². The normalized spacial score (nSPS) is 16.3. The van der Waals surface area contributed by atoms with E-state index in [4.69, 9.17) is 9.16 Å². The number of anilines is 1. The number of Topliss-reactive ketones (excluding diaryl/α,β-unsaturated/α-hetero) is 1. The van der Waals surface area contributed by atoms with Gasteiger partial charge in [-0.1, -0.05) is 58.1 Å². The fourth-order valence-electron chi connectivity index (χ4n) is 4.34. The molecular formula is C30H43NO5SSi2. The highest BCUT2D eigenvalue weighted by Gasteiger charge is 2.41. The number of rotatable bonds is 9. The summed E-state index contributed by atoms with van der Waals surface area (Å²) in [6, 6.07) is 13.7. The molecule has 0 saturated carbocycles. The van der Waals surface area contributed by atoms with Gasteiger partial charge in [-0.2, -0.15) is 0 Å². The van der Waals surface area contributed by atoms with Gasteiger partial charge in [0, 0.05) is 18.2 Å². The minimum absolute atomic E-state index is 0.0137. The molecule has 2 aromatic carbocycles. The zero-order valence-electron chi connectivity index (χ0n) is 25.0. The molecule has 0 fully saturated rings. The van der Waals surface area contributed by atoms with Gasteiger partial charge in [-0.05, 0) is 72.2 Å². The Morgan fingerprint density at radius 3 is 2.00 bits per heavy atom. The van der Waals surface area contributed by atoms with Gasteiger partial charge in [0.1, 0.15) is 5.75 Å². The minimum atomic E-state index is -3.96. The fraction of sp³-hybridized carbons (Fsp3) is 0.433. The largest absolute Gasteiger partial charge is 0.497 e. The van der Waals surface area contributed by atoms with Gasteiger partial charge in [0.05, 0.1) is 32.4 Å². The van der Waals surface area contributed by atoms with Crippen LogP contribution in [0.2, 0.25) is 37.8 Å². The van der Waals surface area contributed by atoms with E-state index >= 15 is 0 Å². The molecule has 6 nitrogen and oxygen atoms in total. The molecule has 0 bridgehead atoms. The van der Waals surface area contributed by atoms with Crippen molar-refractivity contribution in [3.63, 3.8) is 0 Å². The monoisotopic (exact) mass is 585 g/mol.